The zero-order valence-electron chi connectivity index (χ0n) is 11.5. The molecule has 0 unspecified atom stereocenters. The van der Waals surface area contributed by atoms with Crippen molar-refractivity contribution < 1.29 is 4.79 Å². The van der Waals surface area contributed by atoms with Crippen molar-refractivity contribution in [1.29, 1.82) is 0 Å². The molecule has 5 nitrogen and oxygen atoms in total. The van der Waals surface area contributed by atoms with Crippen LogP contribution in [-0.4, -0.2) is 46.0 Å². The van der Waals surface area contributed by atoms with E-state index in [1.54, 1.807) is 0 Å². The molecule has 1 saturated heterocycles. The van der Waals surface area contributed by atoms with E-state index < -0.39 is 0 Å². The first kappa shape index (κ1) is 12.7. The average molecular weight is 262 g/mol. The van der Waals surface area contributed by atoms with Crippen LogP contribution in [0, 0.1) is 0 Å². The summed E-state index contributed by atoms with van der Waals surface area (Å²) in [6.45, 7) is 1.89. The molecule has 0 bridgehead atoms. The van der Waals surface area contributed by atoms with Gasteiger partial charge in [-0.15, -0.1) is 0 Å². The van der Waals surface area contributed by atoms with Crippen molar-refractivity contribution in [1.82, 2.24) is 19.8 Å². The van der Waals surface area contributed by atoms with Gasteiger partial charge in [0.25, 0.3) is 0 Å². The molecule has 0 saturated carbocycles. The second-order valence-corrected chi connectivity index (χ2v) is 5.73. The number of likely N-dealkylation sites (N-methyl/N-ethyl adjacent to an activating group) is 1. The largest absolute Gasteiger partial charge is 0.350 e. The summed E-state index contributed by atoms with van der Waals surface area (Å²) in [5, 5.41) is 3.22. The van der Waals surface area contributed by atoms with Crippen LogP contribution in [0.1, 0.15) is 31.5 Å². The van der Waals surface area contributed by atoms with E-state index in [0.717, 1.165) is 38.2 Å². The van der Waals surface area contributed by atoms with Crippen LogP contribution in [0.3, 0.4) is 0 Å². The Labute approximate surface area is 114 Å². The van der Waals surface area contributed by atoms with Crippen molar-refractivity contribution in [3.05, 3.63) is 18.2 Å². The van der Waals surface area contributed by atoms with E-state index in [1.165, 1.54) is 12.8 Å². The molecule has 19 heavy (non-hydrogen) atoms. The predicted molar refractivity (Wildman–Crippen MR) is 72.7 cm³/mol. The van der Waals surface area contributed by atoms with E-state index in [-0.39, 0.29) is 18.0 Å². The van der Waals surface area contributed by atoms with E-state index in [1.807, 2.05) is 12.4 Å². The number of carbonyl (C=O) groups is 1. The fourth-order valence-corrected chi connectivity index (χ4v) is 3.19. The monoisotopic (exact) mass is 262 g/mol. The molecule has 1 N–H and O–H groups in total. The fraction of sp³-hybridized carbons (Fsp3) is 0.714. The molecule has 0 aliphatic carbocycles. The highest BCUT2D eigenvalue weighted by Gasteiger charge is 2.28. The van der Waals surface area contributed by atoms with Crippen molar-refractivity contribution in [2.75, 3.05) is 13.6 Å². The molecule has 0 radical (unpaired) electrons. The minimum atomic E-state index is 0.0675. The van der Waals surface area contributed by atoms with Crippen molar-refractivity contribution in [3.8, 4) is 0 Å². The molecule has 0 aromatic carbocycles. The summed E-state index contributed by atoms with van der Waals surface area (Å²) in [5.41, 5.74) is 0. The lowest BCUT2D eigenvalue weighted by molar-refractivity contribution is -0.128. The number of hydrogen-bond acceptors (Lipinski definition) is 3. The summed E-state index contributed by atoms with van der Waals surface area (Å²) in [6, 6.07) is 0.322. The van der Waals surface area contributed by atoms with Gasteiger partial charge in [0, 0.05) is 31.4 Å². The number of carbonyl (C=O) groups excluding carboxylic acids is 1. The van der Waals surface area contributed by atoms with E-state index in [9.17, 15) is 4.79 Å². The molecule has 2 atom stereocenters. The highest BCUT2D eigenvalue weighted by molar-refractivity contribution is 5.82. The first-order valence-electron chi connectivity index (χ1n) is 7.24. The van der Waals surface area contributed by atoms with Gasteiger partial charge in [-0.05, 0) is 32.9 Å². The van der Waals surface area contributed by atoms with Crippen molar-refractivity contribution in [2.45, 2.75) is 50.7 Å². The quantitative estimate of drug-likeness (QED) is 0.857. The van der Waals surface area contributed by atoms with Crippen LogP contribution in [-0.2, 0) is 17.8 Å². The van der Waals surface area contributed by atoms with Gasteiger partial charge in [0.15, 0.2) is 0 Å². The molecule has 1 aromatic heterocycles. The lowest BCUT2D eigenvalue weighted by Gasteiger charge is -2.33. The Kier molecular flexibility index (Phi) is 3.55. The highest BCUT2D eigenvalue weighted by Crippen LogP contribution is 2.17. The number of aryl methyl sites for hydroxylation is 1. The Hall–Kier alpha value is -1.36. The van der Waals surface area contributed by atoms with E-state index in [2.05, 4.69) is 26.8 Å². The summed E-state index contributed by atoms with van der Waals surface area (Å²) in [4.78, 5) is 18.8. The van der Waals surface area contributed by atoms with E-state index >= 15 is 0 Å². The van der Waals surface area contributed by atoms with Crippen molar-refractivity contribution in [2.24, 2.45) is 0 Å². The smallest absolute Gasteiger partial charge is 0.237 e. The molecule has 3 heterocycles. The zero-order chi connectivity index (χ0) is 13.2. The summed E-state index contributed by atoms with van der Waals surface area (Å²) in [7, 11) is 2.05. The predicted octanol–water partition coefficient (Wildman–Crippen LogP) is 0.798. The number of hydrogen-bond donors (Lipinski definition) is 1. The second-order valence-electron chi connectivity index (χ2n) is 5.73. The van der Waals surface area contributed by atoms with Crippen LogP contribution in [0.5, 0.6) is 0 Å². The minimum absolute atomic E-state index is 0.0675. The molecule has 1 fully saturated rings. The normalized spacial score (nSPS) is 27.8. The van der Waals surface area contributed by atoms with Crippen LogP contribution in [0.2, 0.25) is 0 Å². The van der Waals surface area contributed by atoms with Crippen LogP contribution in [0.15, 0.2) is 12.4 Å². The van der Waals surface area contributed by atoms with Gasteiger partial charge in [0.1, 0.15) is 5.82 Å². The van der Waals surface area contributed by atoms with Gasteiger partial charge in [-0.25, -0.2) is 4.98 Å². The Morgan fingerprint density at radius 2 is 2.32 bits per heavy atom. The fourth-order valence-electron chi connectivity index (χ4n) is 3.19. The van der Waals surface area contributed by atoms with Gasteiger partial charge in [-0.3, -0.25) is 9.69 Å². The zero-order valence-corrected chi connectivity index (χ0v) is 11.5. The summed E-state index contributed by atoms with van der Waals surface area (Å²) < 4.78 is 2.15. The van der Waals surface area contributed by atoms with E-state index in [4.69, 9.17) is 0 Å². The molecular formula is C14H22N4O. The highest BCUT2D eigenvalue weighted by atomic mass is 16.2. The van der Waals surface area contributed by atoms with Crippen LogP contribution >= 0.6 is 0 Å². The third-order valence-corrected chi connectivity index (χ3v) is 4.35. The second kappa shape index (κ2) is 5.33. The van der Waals surface area contributed by atoms with Crippen LogP contribution < -0.4 is 5.32 Å². The number of fused-ring (bicyclic) bond motifs is 1. The number of rotatable bonds is 2. The van der Waals surface area contributed by atoms with Gasteiger partial charge in [0.05, 0.1) is 6.04 Å². The van der Waals surface area contributed by atoms with Crippen LogP contribution in [0.25, 0.3) is 0 Å². The number of amides is 1. The Bertz CT molecular complexity index is 456. The topological polar surface area (TPSA) is 50.2 Å². The van der Waals surface area contributed by atoms with Gasteiger partial charge >= 0.3 is 0 Å². The standard InChI is InChI=1S/C14H22N4O/c1-17-8-3-2-4-12(17)14(19)16-11-5-6-13-15-7-9-18(13)10-11/h7,9,11-12H,2-6,8,10H2,1H3,(H,16,19)/t11-,12-/m1/s1. The Balaban J connectivity index is 1.58. The number of nitrogens with one attached hydrogen (secondary N) is 1. The molecule has 1 amide bonds. The molecule has 2 aliphatic rings. The van der Waals surface area contributed by atoms with Gasteiger partial charge in [-0.2, -0.15) is 0 Å². The first-order valence-corrected chi connectivity index (χ1v) is 7.24. The molecule has 1 aromatic rings. The summed E-state index contributed by atoms with van der Waals surface area (Å²) >= 11 is 0. The maximum absolute atomic E-state index is 12.3. The van der Waals surface area contributed by atoms with Crippen LogP contribution in [0.4, 0.5) is 0 Å². The molecule has 2 aliphatic heterocycles. The average Bonchev–Trinajstić information content (AvgIpc) is 2.86. The maximum Gasteiger partial charge on any atom is 0.237 e. The molecule has 0 spiro atoms. The number of likely N-dealkylation sites (tertiary alicyclic amines) is 1. The molecule has 5 heteroatoms. The Morgan fingerprint density at radius 1 is 1.42 bits per heavy atom. The summed E-state index contributed by atoms with van der Waals surface area (Å²) in [6.07, 6.45) is 9.17. The van der Waals surface area contributed by atoms with Gasteiger partial charge < -0.3 is 9.88 Å². The molecule has 3 rings (SSSR count). The lowest BCUT2D eigenvalue weighted by atomic mass is 10.0. The number of imidazole rings is 1. The lowest BCUT2D eigenvalue weighted by Crippen LogP contribution is -2.51. The van der Waals surface area contributed by atoms with Crippen molar-refractivity contribution in [3.63, 3.8) is 0 Å². The number of nitrogens with zero attached hydrogens (tertiary/aromatic N) is 3. The van der Waals surface area contributed by atoms with Gasteiger partial charge in [-0.1, -0.05) is 6.42 Å². The molecular weight excluding hydrogens is 240 g/mol. The number of aromatic nitrogens is 2. The molecule has 104 valence electrons. The Morgan fingerprint density at radius 3 is 3.16 bits per heavy atom. The third-order valence-electron chi connectivity index (χ3n) is 4.35. The maximum atomic E-state index is 12.3. The number of piperidine rings is 1. The third kappa shape index (κ3) is 2.66. The SMILES string of the molecule is CN1CCCC[C@@H]1C(=O)N[C@@H]1CCc2nccn2C1. The van der Waals surface area contributed by atoms with Crippen molar-refractivity contribution >= 4 is 5.91 Å². The summed E-state index contributed by atoms with van der Waals surface area (Å²) in [5.74, 6) is 1.34. The van der Waals surface area contributed by atoms with E-state index in [0.29, 0.717) is 0 Å². The van der Waals surface area contributed by atoms with Gasteiger partial charge in [0.2, 0.25) is 5.91 Å². The first-order chi connectivity index (χ1) is 9.24. The minimum Gasteiger partial charge on any atom is -0.350 e.